The number of rotatable bonds is 6. The minimum absolute atomic E-state index is 0.00597. The quantitative estimate of drug-likeness (QED) is 0.354. The molecule has 0 heterocycles. The van der Waals surface area contributed by atoms with Gasteiger partial charge in [0.2, 0.25) is 0 Å². The highest BCUT2D eigenvalue weighted by molar-refractivity contribution is 5.95. The monoisotopic (exact) mass is 237 g/mol. The lowest BCUT2D eigenvalue weighted by molar-refractivity contribution is -0.385. The van der Waals surface area contributed by atoms with Crippen LogP contribution in [0.15, 0.2) is 30.9 Å². The number of benzene rings is 1. The molecule has 0 atom stereocenters. The fourth-order valence-electron chi connectivity index (χ4n) is 1.26. The Morgan fingerprint density at radius 1 is 1.59 bits per heavy atom. The van der Waals surface area contributed by atoms with Gasteiger partial charge in [0.05, 0.1) is 11.5 Å². The second-order valence-electron chi connectivity index (χ2n) is 3.14. The molecule has 0 unspecified atom stereocenters. The third-order valence-corrected chi connectivity index (χ3v) is 1.99. The molecule has 0 saturated carbocycles. The summed E-state index contributed by atoms with van der Waals surface area (Å²) in [6.45, 7) is 3.72. The smallest absolute Gasteiger partial charge is 0.346 e. The van der Waals surface area contributed by atoms with Crippen molar-refractivity contribution < 1.29 is 19.6 Å². The molecular weight excluding hydrogens is 226 g/mol. The summed E-state index contributed by atoms with van der Waals surface area (Å²) in [5.74, 6) is -1.39. The molecule has 0 saturated heterocycles. The average molecular weight is 237 g/mol. The third-order valence-electron chi connectivity index (χ3n) is 1.99. The predicted octanol–water partition coefficient (Wildman–Crippen LogP) is 2.25. The zero-order valence-corrected chi connectivity index (χ0v) is 8.96. The van der Waals surface area contributed by atoms with Gasteiger partial charge in [-0.3, -0.25) is 10.1 Å². The lowest BCUT2D eigenvalue weighted by atomic mass is 10.1. The van der Waals surface area contributed by atoms with Gasteiger partial charge in [-0.05, 0) is 12.5 Å². The van der Waals surface area contributed by atoms with Crippen LogP contribution in [0.25, 0.3) is 0 Å². The first-order valence-corrected chi connectivity index (χ1v) is 4.82. The van der Waals surface area contributed by atoms with E-state index in [4.69, 9.17) is 9.84 Å². The second kappa shape index (κ2) is 5.64. The average Bonchev–Trinajstić information content (AvgIpc) is 2.28. The van der Waals surface area contributed by atoms with Crippen LogP contribution in [0.3, 0.4) is 0 Å². The summed E-state index contributed by atoms with van der Waals surface area (Å²) in [5.41, 5.74) is -0.907. The molecule has 0 fully saturated rings. The van der Waals surface area contributed by atoms with Crippen molar-refractivity contribution in [3.05, 3.63) is 46.5 Å². The van der Waals surface area contributed by atoms with Crippen LogP contribution in [-0.4, -0.2) is 22.6 Å². The summed E-state index contributed by atoms with van der Waals surface area (Å²) < 4.78 is 5.17. The largest absolute Gasteiger partial charge is 0.492 e. The Morgan fingerprint density at radius 2 is 2.29 bits per heavy atom. The molecule has 0 aromatic heterocycles. The van der Waals surface area contributed by atoms with Crippen molar-refractivity contribution >= 4 is 11.7 Å². The summed E-state index contributed by atoms with van der Waals surface area (Å²) in [6.07, 6.45) is 2.14. The number of hydrogen-bond donors (Lipinski definition) is 1. The fourth-order valence-corrected chi connectivity index (χ4v) is 1.26. The van der Waals surface area contributed by atoms with Gasteiger partial charge in [0.25, 0.3) is 5.69 Å². The lowest BCUT2D eigenvalue weighted by Crippen LogP contribution is -2.07. The molecule has 90 valence electrons. The van der Waals surface area contributed by atoms with Crippen molar-refractivity contribution in [2.24, 2.45) is 0 Å². The van der Waals surface area contributed by atoms with Crippen LogP contribution in [0, 0.1) is 10.1 Å². The molecule has 0 aliphatic carbocycles. The fraction of sp³-hybridized carbons (Fsp3) is 0.182. The van der Waals surface area contributed by atoms with Crippen LogP contribution in [0.5, 0.6) is 5.75 Å². The van der Waals surface area contributed by atoms with Crippen LogP contribution in [0.1, 0.15) is 16.8 Å². The van der Waals surface area contributed by atoms with E-state index in [2.05, 4.69) is 6.58 Å². The van der Waals surface area contributed by atoms with E-state index in [0.717, 1.165) is 6.07 Å². The van der Waals surface area contributed by atoms with Gasteiger partial charge in [0.15, 0.2) is 5.56 Å². The molecule has 1 aromatic rings. The van der Waals surface area contributed by atoms with Gasteiger partial charge < -0.3 is 9.84 Å². The number of hydrogen-bond acceptors (Lipinski definition) is 4. The van der Waals surface area contributed by atoms with Gasteiger partial charge in [0, 0.05) is 6.07 Å². The van der Waals surface area contributed by atoms with Crippen molar-refractivity contribution in [2.75, 3.05) is 6.61 Å². The first kappa shape index (κ1) is 12.7. The molecule has 0 amide bonds. The lowest BCUT2D eigenvalue weighted by Gasteiger charge is -2.07. The van der Waals surface area contributed by atoms with Crippen molar-refractivity contribution in [3.8, 4) is 5.75 Å². The van der Waals surface area contributed by atoms with E-state index in [1.807, 2.05) is 0 Å². The maximum Gasteiger partial charge on any atom is 0.346 e. The highest BCUT2D eigenvalue weighted by Gasteiger charge is 2.24. The van der Waals surface area contributed by atoms with Gasteiger partial charge >= 0.3 is 5.97 Å². The van der Waals surface area contributed by atoms with E-state index < -0.39 is 22.1 Å². The van der Waals surface area contributed by atoms with Crippen LogP contribution in [0.2, 0.25) is 0 Å². The van der Waals surface area contributed by atoms with E-state index in [0.29, 0.717) is 6.42 Å². The molecule has 0 spiro atoms. The van der Waals surface area contributed by atoms with Crippen molar-refractivity contribution in [2.45, 2.75) is 6.42 Å². The molecule has 6 heteroatoms. The Hall–Kier alpha value is -2.37. The number of nitro benzene ring substituents is 1. The maximum atomic E-state index is 11.0. The summed E-state index contributed by atoms with van der Waals surface area (Å²) in [6, 6.07) is 3.90. The minimum atomic E-state index is -1.38. The number of aromatic carboxylic acids is 1. The molecule has 0 aliphatic rings. The molecule has 17 heavy (non-hydrogen) atoms. The van der Waals surface area contributed by atoms with Crippen LogP contribution in [-0.2, 0) is 0 Å². The van der Waals surface area contributed by atoms with E-state index in [-0.39, 0.29) is 12.4 Å². The van der Waals surface area contributed by atoms with Crippen LogP contribution in [0.4, 0.5) is 5.69 Å². The molecule has 1 rings (SSSR count). The highest BCUT2D eigenvalue weighted by Crippen LogP contribution is 2.28. The Morgan fingerprint density at radius 3 is 2.82 bits per heavy atom. The first-order chi connectivity index (χ1) is 8.07. The number of carbonyl (C=O) groups is 1. The molecule has 0 bridgehead atoms. The summed E-state index contributed by atoms with van der Waals surface area (Å²) >= 11 is 0. The van der Waals surface area contributed by atoms with Crippen molar-refractivity contribution in [1.29, 1.82) is 0 Å². The number of carboxylic acids is 1. The Kier molecular flexibility index (Phi) is 4.21. The second-order valence-corrected chi connectivity index (χ2v) is 3.14. The summed E-state index contributed by atoms with van der Waals surface area (Å²) in [7, 11) is 0. The molecular formula is C11H11NO5. The van der Waals surface area contributed by atoms with Crippen molar-refractivity contribution in [1.82, 2.24) is 0 Å². The standard InChI is InChI=1S/C11H11NO5/c1-2-3-7-17-9-6-4-5-8(12(15)16)10(9)11(13)14/h2,4-6H,1,3,7H2,(H,13,14). The van der Waals surface area contributed by atoms with E-state index in [9.17, 15) is 14.9 Å². The number of carboxylic acid groups (broad SMARTS) is 1. The van der Waals surface area contributed by atoms with Crippen molar-refractivity contribution in [3.63, 3.8) is 0 Å². The Labute approximate surface area is 97.3 Å². The molecule has 0 aliphatic heterocycles. The number of nitrogens with zero attached hydrogens (tertiary/aromatic N) is 1. The Balaban J connectivity index is 3.11. The van der Waals surface area contributed by atoms with Gasteiger partial charge in [-0.1, -0.05) is 12.1 Å². The molecule has 1 aromatic carbocycles. The van der Waals surface area contributed by atoms with Gasteiger partial charge in [-0.15, -0.1) is 6.58 Å². The zero-order valence-electron chi connectivity index (χ0n) is 8.96. The summed E-state index contributed by atoms with van der Waals surface area (Å²) in [5, 5.41) is 19.6. The SMILES string of the molecule is C=CCCOc1cccc([N+](=O)[O-])c1C(=O)O. The van der Waals surface area contributed by atoms with Gasteiger partial charge in [0.1, 0.15) is 5.75 Å². The van der Waals surface area contributed by atoms with Crippen LogP contribution >= 0.6 is 0 Å². The molecule has 6 nitrogen and oxygen atoms in total. The maximum absolute atomic E-state index is 11.0. The van der Waals surface area contributed by atoms with E-state index in [1.54, 1.807) is 6.08 Å². The molecule has 1 N–H and O–H groups in total. The summed E-state index contributed by atoms with van der Waals surface area (Å²) in [4.78, 5) is 20.9. The van der Waals surface area contributed by atoms with Crippen LogP contribution < -0.4 is 4.74 Å². The topological polar surface area (TPSA) is 89.7 Å². The first-order valence-electron chi connectivity index (χ1n) is 4.82. The predicted molar refractivity (Wildman–Crippen MR) is 60.4 cm³/mol. The van der Waals surface area contributed by atoms with Gasteiger partial charge in [-0.25, -0.2) is 4.79 Å². The van der Waals surface area contributed by atoms with E-state index >= 15 is 0 Å². The molecule has 0 radical (unpaired) electrons. The van der Waals surface area contributed by atoms with E-state index in [1.165, 1.54) is 12.1 Å². The normalized spacial score (nSPS) is 9.65. The Bertz CT molecular complexity index is 455. The number of nitro groups is 1. The number of ether oxygens (including phenoxy) is 1. The highest BCUT2D eigenvalue weighted by atomic mass is 16.6. The third kappa shape index (κ3) is 3.04. The minimum Gasteiger partial charge on any atom is -0.492 e. The van der Waals surface area contributed by atoms with Gasteiger partial charge in [-0.2, -0.15) is 0 Å². The zero-order chi connectivity index (χ0) is 12.8.